The Morgan fingerprint density at radius 3 is 2.53 bits per heavy atom. The van der Waals surface area contributed by atoms with Crippen LogP contribution in [0.25, 0.3) is 0 Å². The molecule has 1 aliphatic heterocycles. The van der Waals surface area contributed by atoms with Crippen molar-refractivity contribution in [3.8, 4) is 6.07 Å². The first-order valence-corrected chi connectivity index (χ1v) is 6.13. The Morgan fingerprint density at radius 2 is 1.80 bits per heavy atom. The third kappa shape index (κ3) is 2.93. The summed E-state index contributed by atoms with van der Waals surface area (Å²) in [6.07, 6.45) is 6.97. The maximum absolute atomic E-state index is 9.08. The third-order valence-electron chi connectivity index (χ3n) is 3.60. The van der Waals surface area contributed by atoms with Gasteiger partial charge < -0.3 is 10.1 Å². The Hall–Kier alpha value is -0.590. The molecule has 1 saturated heterocycles. The molecule has 0 amide bonds. The van der Waals surface area contributed by atoms with Crippen molar-refractivity contribution in [2.75, 3.05) is 13.2 Å². The predicted molar refractivity (Wildman–Crippen MR) is 58.3 cm³/mol. The molecule has 0 aromatic carbocycles. The van der Waals surface area contributed by atoms with Crippen molar-refractivity contribution in [2.45, 2.75) is 50.6 Å². The highest BCUT2D eigenvalue weighted by Gasteiger charge is 2.27. The highest BCUT2D eigenvalue weighted by atomic mass is 16.5. The Bertz CT molecular complexity index is 230. The number of nitriles is 1. The number of nitrogens with one attached hydrogen (secondary N) is 1. The van der Waals surface area contributed by atoms with Crippen LogP contribution in [-0.4, -0.2) is 25.3 Å². The van der Waals surface area contributed by atoms with Gasteiger partial charge >= 0.3 is 0 Å². The zero-order valence-electron chi connectivity index (χ0n) is 9.24. The van der Waals surface area contributed by atoms with E-state index in [1.807, 2.05) is 0 Å². The molecule has 1 heterocycles. The predicted octanol–water partition coefficient (Wildman–Crippen LogP) is 1.84. The molecule has 3 nitrogen and oxygen atoms in total. The molecule has 2 rings (SSSR count). The Kier molecular flexibility index (Phi) is 3.99. The molecule has 1 N–H and O–H groups in total. The van der Waals surface area contributed by atoms with Crippen LogP contribution in [0.3, 0.4) is 0 Å². The van der Waals surface area contributed by atoms with Crippen molar-refractivity contribution < 1.29 is 4.74 Å². The normalized spacial score (nSPS) is 33.5. The molecule has 84 valence electrons. The van der Waals surface area contributed by atoms with Crippen LogP contribution in [0.4, 0.5) is 0 Å². The van der Waals surface area contributed by atoms with E-state index < -0.39 is 0 Å². The molecule has 0 spiro atoms. The van der Waals surface area contributed by atoms with Crippen LogP contribution in [0.5, 0.6) is 0 Å². The number of ether oxygens (including phenoxy) is 1. The van der Waals surface area contributed by atoms with E-state index in [2.05, 4.69) is 11.4 Å². The van der Waals surface area contributed by atoms with Crippen LogP contribution in [0.15, 0.2) is 0 Å². The van der Waals surface area contributed by atoms with E-state index in [0.717, 1.165) is 32.5 Å². The highest BCUT2D eigenvalue weighted by molar-refractivity contribution is 4.95. The second kappa shape index (κ2) is 5.48. The molecule has 1 saturated carbocycles. The maximum Gasteiger partial charge on any atom is 0.0672 e. The largest absolute Gasteiger partial charge is 0.381 e. The van der Waals surface area contributed by atoms with Gasteiger partial charge in [-0.1, -0.05) is 12.8 Å². The first-order chi connectivity index (χ1) is 7.40. The smallest absolute Gasteiger partial charge is 0.0672 e. The number of nitrogens with zero attached hydrogens (tertiary/aromatic N) is 1. The average molecular weight is 208 g/mol. The topological polar surface area (TPSA) is 45.0 Å². The van der Waals surface area contributed by atoms with Gasteiger partial charge in [0.2, 0.25) is 0 Å². The van der Waals surface area contributed by atoms with E-state index in [0.29, 0.717) is 12.1 Å². The molecule has 1 aliphatic carbocycles. The van der Waals surface area contributed by atoms with Gasteiger partial charge in [0.05, 0.1) is 12.0 Å². The second-order valence-electron chi connectivity index (χ2n) is 4.68. The van der Waals surface area contributed by atoms with Crippen LogP contribution < -0.4 is 5.32 Å². The molecule has 2 unspecified atom stereocenters. The van der Waals surface area contributed by atoms with Crippen LogP contribution in [-0.2, 0) is 4.74 Å². The Labute approximate surface area is 91.8 Å². The fourth-order valence-corrected chi connectivity index (χ4v) is 2.65. The van der Waals surface area contributed by atoms with Gasteiger partial charge in [0.15, 0.2) is 0 Å². The quantitative estimate of drug-likeness (QED) is 0.753. The summed E-state index contributed by atoms with van der Waals surface area (Å²) in [5, 5.41) is 12.7. The molecular formula is C12H20N2O. The minimum absolute atomic E-state index is 0.238. The molecule has 2 fully saturated rings. The number of rotatable bonds is 2. The summed E-state index contributed by atoms with van der Waals surface area (Å²) in [5.41, 5.74) is 0. The van der Waals surface area contributed by atoms with Gasteiger partial charge in [-0.05, 0) is 25.7 Å². The summed E-state index contributed by atoms with van der Waals surface area (Å²) in [4.78, 5) is 0. The van der Waals surface area contributed by atoms with Crippen LogP contribution in [0, 0.1) is 17.2 Å². The first kappa shape index (κ1) is 10.9. The minimum Gasteiger partial charge on any atom is -0.381 e. The summed E-state index contributed by atoms with van der Waals surface area (Å²) in [6.45, 7) is 1.75. The van der Waals surface area contributed by atoms with Gasteiger partial charge in [-0.2, -0.15) is 5.26 Å². The third-order valence-corrected chi connectivity index (χ3v) is 3.60. The standard InChI is InChI=1S/C12H20N2O/c13-9-10-3-1-2-4-12(10)14-11-5-7-15-8-6-11/h10-12,14H,1-8H2. The lowest BCUT2D eigenvalue weighted by Crippen LogP contribution is -2.46. The van der Waals surface area contributed by atoms with Crippen molar-refractivity contribution in [1.82, 2.24) is 5.32 Å². The van der Waals surface area contributed by atoms with Crippen molar-refractivity contribution in [1.29, 1.82) is 5.26 Å². The molecule has 2 atom stereocenters. The monoisotopic (exact) mass is 208 g/mol. The van der Waals surface area contributed by atoms with E-state index in [4.69, 9.17) is 10.00 Å². The van der Waals surface area contributed by atoms with Gasteiger partial charge in [-0.3, -0.25) is 0 Å². The molecule has 0 aromatic rings. The molecular weight excluding hydrogens is 188 g/mol. The molecule has 0 radical (unpaired) electrons. The highest BCUT2D eigenvalue weighted by Crippen LogP contribution is 2.25. The molecule has 0 aromatic heterocycles. The second-order valence-corrected chi connectivity index (χ2v) is 4.68. The van der Waals surface area contributed by atoms with E-state index in [9.17, 15) is 0 Å². The fraction of sp³-hybridized carbons (Fsp3) is 0.917. The van der Waals surface area contributed by atoms with Crippen molar-refractivity contribution >= 4 is 0 Å². The van der Waals surface area contributed by atoms with Crippen LogP contribution in [0.2, 0.25) is 0 Å². The zero-order chi connectivity index (χ0) is 10.5. The average Bonchev–Trinajstić information content (AvgIpc) is 2.31. The minimum atomic E-state index is 0.238. The lowest BCUT2D eigenvalue weighted by Gasteiger charge is -2.33. The number of hydrogen-bond acceptors (Lipinski definition) is 3. The lowest BCUT2D eigenvalue weighted by molar-refractivity contribution is 0.0713. The lowest BCUT2D eigenvalue weighted by atomic mass is 9.85. The summed E-state index contributed by atoms with van der Waals surface area (Å²) in [7, 11) is 0. The summed E-state index contributed by atoms with van der Waals surface area (Å²) >= 11 is 0. The van der Waals surface area contributed by atoms with Gasteiger partial charge in [-0.25, -0.2) is 0 Å². The van der Waals surface area contributed by atoms with E-state index in [1.54, 1.807) is 0 Å². The van der Waals surface area contributed by atoms with E-state index in [1.165, 1.54) is 19.3 Å². The summed E-state index contributed by atoms with van der Waals surface area (Å²) in [6, 6.07) is 3.47. The Balaban J connectivity index is 1.83. The fourth-order valence-electron chi connectivity index (χ4n) is 2.65. The van der Waals surface area contributed by atoms with Crippen LogP contribution in [0.1, 0.15) is 38.5 Å². The van der Waals surface area contributed by atoms with Gasteiger partial charge in [0.1, 0.15) is 0 Å². The summed E-state index contributed by atoms with van der Waals surface area (Å²) < 4.78 is 5.34. The van der Waals surface area contributed by atoms with Gasteiger partial charge in [-0.15, -0.1) is 0 Å². The Morgan fingerprint density at radius 1 is 1.07 bits per heavy atom. The van der Waals surface area contributed by atoms with Gasteiger partial charge in [0, 0.05) is 25.3 Å². The molecule has 3 heteroatoms. The number of hydrogen-bond donors (Lipinski definition) is 1. The van der Waals surface area contributed by atoms with Crippen LogP contribution >= 0.6 is 0 Å². The molecule has 2 aliphatic rings. The van der Waals surface area contributed by atoms with Crippen molar-refractivity contribution in [2.24, 2.45) is 5.92 Å². The van der Waals surface area contributed by atoms with Gasteiger partial charge in [0.25, 0.3) is 0 Å². The summed E-state index contributed by atoms with van der Waals surface area (Å²) in [5.74, 6) is 0.238. The SMILES string of the molecule is N#CC1CCCCC1NC1CCOCC1. The van der Waals surface area contributed by atoms with Crippen molar-refractivity contribution in [3.63, 3.8) is 0 Å². The van der Waals surface area contributed by atoms with E-state index >= 15 is 0 Å². The molecule has 15 heavy (non-hydrogen) atoms. The van der Waals surface area contributed by atoms with E-state index in [-0.39, 0.29) is 5.92 Å². The zero-order valence-corrected chi connectivity index (χ0v) is 9.24. The maximum atomic E-state index is 9.08. The van der Waals surface area contributed by atoms with Crippen molar-refractivity contribution in [3.05, 3.63) is 0 Å². The molecule has 0 bridgehead atoms. The first-order valence-electron chi connectivity index (χ1n) is 6.13.